The van der Waals surface area contributed by atoms with E-state index < -0.39 is 5.60 Å². The number of halogens is 2. The topological polar surface area (TPSA) is 53.9 Å². The highest BCUT2D eigenvalue weighted by molar-refractivity contribution is 5.96. The van der Waals surface area contributed by atoms with Gasteiger partial charge in [0.15, 0.2) is 5.78 Å². The van der Waals surface area contributed by atoms with Gasteiger partial charge in [-0.2, -0.15) is 0 Å². The molecular weight excluding hydrogens is 329 g/mol. The predicted octanol–water partition coefficient (Wildman–Crippen LogP) is -0.736. The molecule has 0 spiro atoms. The zero-order valence-electron chi connectivity index (χ0n) is 13.7. The predicted molar refractivity (Wildman–Crippen MR) is 87.6 cm³/mol. The number of hydrogen-bond acceptors (Lipinski definition) is 2. The van der Waals surface area contributed by atoms with Crippen molar-refractivity contribution in [1.29, 1.82) is 0 Å². The molecule has 0 aromatic heterocycles. The third-order valence-corrected chi connectivity index (χ3v) is 3.97. The van der Waals surface area contributed by atoms with Crippen molar-refractivity contribution in [2.45, 2.75) is 25.4 Å². The summed E-state index contributed by atoms with van der Waals surface area (Å²) < 4.78 is 12.8. The van der Waals surface area contributed by atoms with Crippen LogP contribution >= 0.6 is 0 Å². The quantitative estimate of drug-likeness (QED) is 0.486. The SMILES string of the molecule is CC(O)(CC[NH2+]CCC(=O)c1ccc(F)cc1)c1ccccc1.[Cl-]. The molecule has 1 unspecified atom stereocenters. The highest BCUT2D eigenvalue weighted by atomic mass is 35.5. The summed E-state index contributed by atoms with van der Waals surface area (Å²) >= 11 is 0. The zero-order valence-corrected chi connectivity index (χ0v) is 14.5. The lowest BCUT2D eigenvalue weighted by atomic mass is 9.92. The van der Waals surface area contributed by atoms with Crippen LogP contribution < -0.4 is 17.7 Å². The molecule has 5 heteroatoms. The minimum Gasteiger partial charge on any atom is -1.00 e. The second-order valence-electron chi connectivity index (χ2n) is 5.94. The molecule has 0 aliphatic carbocycles. The van der Waals surface area contributed by atoms with Gasteiger partial charge in [0.25, 0.3) is 0 Å². The van der Waals surface area contributed by atoms with Gasteiger partial charge in [-0.25, -0.2) is 4.39 Å². The van der Waals surface area contributed by atoms with Crippen LogP contribution in [-0.4, -0.2) is 24.0 Å². The first kappa shape index (κ1) is 20.3. The highest BCUT2D eigenvalue weighted by Crippen LogP contribution is 2.22. The third kappa shape index (κ3) is 6.04. The molecule has 0 radical (unpaired) electrons. The Kier molecular flexibility index (Phi) is 8.05. The number of aliphatic hydroxyl groups is 1. The van der Waals surface area contributed by atoms with Crippen LogP contribution in [0.1, 0.15) is 35.7 Å². The summed E-state index contributed by atoms with van der Waals surface area (Å²) in [7, 11) is 0. The summed E-state index contributed by atoms with van der Waals surface area (Å²) in [6.07, 6.45) is 1.01. The van der Waals surface area contributed by atoms with Crippen LogP contribution in [0.25, 0.3) is 0 Å². The Bertz CT molecular complexity index is 630. The van der Waals surface area contributed by atoms with Gasteiger partial charge in [-0.05, 0) is 36.8 Å². The minimum atomic E-state index is -0.862. The van der Waals surface area contributed by atoms with Crippen LogP contribution in [0, 0.1) is 5.82 Å². The lowest BCUT2D eigenvalue weighted by molar-refractivity contribution is -0.655. The fourth-order valence-electron chi connectivity index (χ4n) is 2.48. The molecule has 3 nitrogen and oxygen atoms in total. The smallest absolute Gasteiger partial charge is 0.168 e. The van der Waals surface area contributed by atoms with E-state index in [1.54, 1.807) is 6.92 Å². The summed E-state index contributed by atoms with van der Waals surface area (Å²) in [5.41, 5.74) is 0.575. The number of Topliss-reactive ketones (excluding diaryl/α,β-unsaturated/α-hetero) is 1. The normalized spacial score (nSPS) is 13.0. The second kappa shape index (κ2) is 9.52. The molecule has 0 saturated heterocycles. The molecular formula is C19H23ClFNO2. The maximum absolute atomic E-state index is 12.8. The Morgan fingerprint density at radius 1 is 1.08 bits per heavy atom. The molecule has 2 aromatic carbocycles. The number of rotatable bonds is 8. The Morgan fingerprint density at radius 3 is 2.33 bits per heavy atom. The maximum atomic E-state index is 12.8. The van der Waals surface area contributed by atoms with Crippen LogP contribution in [-0.2, 0) is 5.60 Å². The molecule has 0 bridgehead atoms. The van der Waals surface area contributed by atoms with E-state index in [1.165, 1.54) is 24.3 Å². The van der Waals surface area contributed by atoms with Crippen molar-refractivity contribution in [3.63, 3.8) is 0 Å². The average molecular weight is 352 g/mol. The molecule has 2 aromatic rings. The van der Waals surface area contributed by atoms with Gasteiger partial charge in [-0.15, -0.1) is 0 Å². The van der Waals surface area contributed by atoms with Gasteiger partial charge >= 0.3 is 0 Å². The van der Waals surface area contributed by atoms with E-state index in [-0.39, 0.29) is 24.0 Å². The van der Waals surface area contributed by atoms with Gasteiger partial charge < -0.3 is 22.8 Å². The third-order valence-electron chi connectivity index (χ3n) is 3.97. The molecule has 0 saturated carbocycles. The number of carbonyl (C=O) groups excluding carboxylic acids is 1. The molecule has 0 heterocycles. The Balaban J connectivity index is 0.00000288. The van der Waals surface area contributed by atoms with Crippen LogP contribution in [0.2, 0.25) is 0 Å². The van der Waals surface area contributed by atoms with E-state index in [0.29, 0.717) is 24.9 Å². The summed E-state index contributed by atoms with van der Waals surface area (Å²) in [5.74, 6) is -0.327. The number of quaternary nitrogens is 1. The summed E-state index contributed by atoms with van der Waals surface area (Å²) in [5, 5.41) is 12.5. The molecule has 0 aliphatic rings. The molecule has 130 valence electrons. The van der Waals surface area contributed by atoms with Crippen molar-refractivity contribution < 1.29 is 32.0 Å². The Hall–Kier alpha value is -1.75. The molecule has 0 amide bonds. The van der Waals surface area contributed by atoms with Crippen molar-refractivity contribution in [3.05, 3.63) is 71.5 Å². The highest BCUT2D eigenvalue weighted by Gasteiger charge is 2.23. The van der Waals surface area contributed by atoms with Crippen LogP contribution in [0.4, 0.5) is 4.39 Å². The molecule has 1 atom stereocenters. The van der Waals surface area contributed by atoms with Crippen LogP contribution in [0.15, 0.2) is 54.6 Å². The number of ketones is 1. The Morgan fingerprint density at radius 2 is 1.71 bits per heavy atom. The Labute approximate surface area is 148 Å². The van der Waals surface area contributed by atoms with E-state index in [9.17, 15) is 14.3 Å². The second-order valence-corrected chi connectivity index (χ2v) is 5.94. The molecule has 3 N–H and O–H groups in total. The van der Waals surface area contributed by atoms with Gasteiger partial charge in [-0.1, -0.05) is 30.3 Å². The fraction of sp³-hybridized carbons (Fsp3) is 0.316. The number of carbonyl (C=O) groups is 1. The summed E-state index contributed by atoms with van der Waals surface area (Å²) in [6.45, 7) is 3.19. The number of nitrogens with two attached hydrogens (primary N) is 1. The first-order valence-corrected chi connectivity index (χ1v) is 7.87. The van der Waals surface area contributed by atoms with Crippen LogP contribution in [0.3, 0.4) is 0 Å². The lowest BCUT2D eigenvalue weighted by Crippen LogP contribution is -3.00. The molecule has 0 fully saturated rings. The van der Waals surface area contributed by atoms with Crippen molar-refractivity contribution in [1.82, 2.24) is 0 Å². The lowest BCUT2D eigenvalue weighted by Gasteiger charge is -2.22. The van der Waals surface area contributed by atoms with Crippen molar-refractivity contribution >= 4 is 5.78 Å². The van der Waals surface area contributed by atoms with Crippen molar-refractivity contribution in [3.8, 4) is 0 Å². The van der Waals surface area contributed by atoms with Gasteiger partial charge in [0.1, 0.15) is 5.82 Å². The maximum Gasteiger partial charge on any atom is 0.168 e. The first-order chi connectivity index (χ1) is 11.0. The summed E-state index contributed by atoms with van der Waals surface area (Å²) in [6, 6.07) is 15.2. The first-order valence-electron chi connectivity index (χ1n) is 7.87. The van der Waals surface area contributed by atoms with Gasteiger partial charge in [0, 0.05) is 12.0 Å². The summed E-state index contributed by atoms with van der Waals surface area (Å²) in [4.78, 5) is 11.9. The van der Waals surface area contributed by atoms with Gasteiger partial charge in [-0.3, -0.25) is 4.79 Å². The minimum absolute atomic E-state index is 0. The van der Waals surface area contributed by atoms with E-state index in [0.717, 1.165) is 12.1 Å². The van der Waals surface area contributed by atoms with Gasteiger partial charge in [0.05, 0.1) is 25.1 Å². The molecule has 24 heavy (non-hydrogen) atoms. The van der Waals surface area contributed by atoms with E-state index in [4.69, 9.17) is 0 Å². The monoisotopic (exact) mass is 351 g/mol. The van der Waals surface area contributed by atoms with E-state index in [2.05, 4.69) is 0 Å². The van der Waals surface area contributed by atoms with Gasteiger partial charge in [0.2, 0.25) is 0 Å². The van der Waals surface area contributed by atoms with E-state index in [1.807, 2.05) is 35.6 Å². The van der Waals surface area contributed by atoms with Crippen molar-refractivity contribution in [2.75, 3.05) is 13.1 Å². The number of hydrogen-bond donors (Lipinski definition) is 2. The van der Waals surface area contributed by atoms with E-state index >= 15 is 0 Å². The molecule has 2 rings (SSSR count). The number of benzene rings is 2. The van der Waals surface area contributed by atoms with Crippen LogP contribution in [0.5, 0.6) is 0 Å². The van der Waals surface area contributed by atoms with Crippen molar-refractivity contribution in [2.24, 2.45) is 0 Å². The molecule has 0 aliphatic heterocycles. The average Bonchev–Trinajstić information content (AvgIpc) is 2.56. The largest absolute Gasteiger partial charge is 1.00 e. The fourth-order valence-corrected chi connectivity index (χ4v) is 2.48. The zero-order chi connectivity index (χ0) is 16.7. The standard InChI is InChI=1S/C19H22FNO2.ClH/c1-19(23,16-5-3-2-4-6-16)12-14-21-13-11-18(22)15-7-9-17(20)10-8-15;/h2-10,21,23H,11-14H2,1H3;1H.